The number of hydrogen-bond acceptors (Lipinski definition) is 7. The fraction of sp³-hybridized carbons (Fsp3) is 0.111. The molecule has 4 rings (SSSR count). The van der Waals surface area contributed by atoms with Crippen LogP contribution in [0.2, 0.25) is 0 Å². The van der Waals surface area contributed by atoms with Crippen molar-refractivity contribution in [2.45, 2.75) is 6.92 Å². The maximum absolute atomic E-state index is 12.2. The average molecular weight is 414 g/mol. The molecule has 4 heterocycles. The maximum atomic E-state index is 12.2. The molecule has 0 fully saturated rings. The molecule has 4 aromatic heterocycles. The van der Waals surface area contributed by atoms with Gasteiger partial charge in [0, 0.05) is 6.07 Å². The number of carboxylic acids is 1. The molecule has 8 nitrogen and oxygen atoms in total. The van der Waals surface area contributed by atoms with Crippen LogP contribution in [0.15, 0.2) is 41.1 Å². The number of esters is 1. The van der Waals surface area contributed by atoms with E-state index >= 15 is 0 Å². The number of carboxylic acid groups (broad SMARTS) is 1. The van der Waals surface area contributed by atoms with E-state index < -0.39 is 11.9 Å². The van der Waals surface area contributed by atoms with Gasteiger partial charge in [0.2, 0.25) is 0 Å². The average Bonchev–Trinajstić information content (AvgIpc) is 3.47. The predicted octanol–water partition coefficient (Wildman–Crippen LogP) is 3.93. The van der Waals surface area contributed by atoms with E-state index in [9.17, 15) is 14.7 Å². The molecule has 4 aromatic rings. The maximum Gasteiger partial charge on any atom is 0.358 e. The Morgan fingerprint density at radius 2 is 1.93 bits per heavy atom. The summed E-state index contributed by atoms with van der Waals surface area (Å²) < 4.78 is 6.51. The van der Waals surface area contributed by atoms with Gasteiger partial charge >= 0.3 is 11.9 Å². The van der Waals surface area contributed by atoms with Crippen molar-refractivity contribution in [1.29, 1.82) is 0 Å². The number of ether oxygens (including phenoxy) is 1. The van der Waals surface area contributed by atoms with Crippen LogP contribution in [0.3, 0.4) is 0 Å². The van der Waals surface area contributed by atoms with Gasteiger partial charge in [0.1, 0.15) is 11.4 Å². The number of aromatic carboxylic acids is 1. The number of aromatic amines is 1. The first-order chi connectivity index (χ1) is 13.6. The Bertz CT molecular complexity index is 1130. The molecule has 10 heteroatoms. The highest BCUT2D eigenvalue weighted by Gasteiger charge is 2.27. The monoisotopic (exact) mass is 414 g/mol. The van der Waals surface area contributed by atoms with Crippen molar-refractivity contribution in [2.24, 2.45) is 0 Å². The molecule has 142 valence electrons. The van der Waals surface area contributed by atoms with Crippen LogP contribution >= 0.6 is 22.7 Å². The van der Waals surface area contributed by atoms with Crippen LogP contribution in [0.25, 0.3) is 26.8 Å². The fourth-order valence-electron chi connectivity index (χ4n) is 2.74. The predicted molar refractivity (Wildman–Crippen MR) is 105 cm³/mol. The van der Waals surface area contributed by atoms with E-state index in [0.29, 0.717) is 11.4 Å². The Hall–Kier alpha value is -3.24. The van der Waals surface area contributed by atoms with Crippen LogP contribution in [0.1, 0.15) is 27.9 Å². The Morgan fingerprint density at radius 1 is 1.21 bits per heavy atom. The van der Waals surface area contributed by atoms with Crippen molar-refractivity contribution in [1.82, 2.24) is 20.0 Å². The van der Waals surface area contributed by atoms with E-state index in [1.165, 1.54) is 27.4 Å². The third kappa shape index (κ3) is 3.12. The zero-order chi connectivity index (χ0) is 19.7. The second kappa shape index (κ2) is 7.41. The lowest BCUT2D eigenvalue weighted by Gasteiger charge is -2.07. The smallest absolute Gasteiger partial charge is 0.358 e. The Morgan fingerprint density at radius 3 is 2.54 bits per heavy atom. The number of carbonyl (C=O) groups excluding carboxylic acids is 1. The SMILES string of the molecule is CCOC(=O)c1cc(-c2cccs2)n(-c2c(C(=O)O)n[nH]c2-c2cccs2)n1. The lowest BCUT2D eigenvalue weighted by atomic mass is 10.2. The lowest BCUT2D eigenvalue weighted by molar-refractivity contribution is 0.0518. The standard InChI is InChI=1S/C18H14N4O4S2/c1-2-26-18(25)10-9-11(12-5-3-7-27-12)22(21-10)16-14(13-6-4-8-28-13)19-20-15(16)17(23)24/h3-9H,2H2,1H3,(H,19,20)(H,23,24). The molecule has 2 N–H and O–H groups in total. The summed E-state index contributed by atoms with van der Waals surface area (Å²) in [5.74, 6) is -1.77. The molecule has 0 spiro atoms. The minimum absolute atomic E-state index is 0.0971. The van der Waals surface area contributed by atoms with Crippen LogP contribution in [-0.2, 0) is 4.74 Å². The summed E-state index contributed by atoms with van der Waals surface area (Å²) in [6, 6.07) is 9.06. The van der Waals surface area contributed by atoms with E-state index in [-0.39, 0.29) is 23.7 Å². The number of rotatable bonds is 6. The van der Waals surface area contributed by atoms with Crippen LogP contribution in [0, 0.1) is 0 Å². The highest BCUT2D eigenvalue weighted by molar-refractivity contribution is 7.13. The van der Waals surface area contributed by atoms with Gasteiger partial charge in [0.05, 0.1) is 22.1 Å². The Balaban J connectivity index is 1.97. The van der Waals surface area contributed by atoms with E-state index in [1.807, 2.05) is 35.0 Å². The molecule has 0 radical (unpaired) electrons. The number of thiophene rings is 2. The first kappa shape index (κ1) is 18.1. The molecule has 0 atom stereocenters. The molecule has 0 saturated carbocycles. The van der Waals surface area contributed by atoms with Crippen LogP contribution in [-0.4, -0.2) is 43.6 Å². The van der Waals surface area contributed by atoms with Crippen LogP contribution in [0.4, 0.5) is 0 Å². The molecule has 0 bridgehead atoms. The zero-order valence-corrected chi connectivity index (χ0v) is 16.2. The molecule has 0 aliphatic heterocycles. The highest BCUT2D eigenvalue weighted by atomic mass is 32.1. The van der Waals surface area contributed by atoms with Gasteiger partial charge in [-0.1, -0.05) is 12.1 Å². The third-order valence-corrected chi connectivity index (χ3v) is 5.67. The van der Waals surface area contributed by atoms with E-state index in [1.54, 1.807) is 13.0 Å². The molecular weight excluding hydrogens is 400 g/mol. The molecular formula is C18H14N4O4S2. The number of nitrogens with one attached hydrogen (secondary N) is 1. The van der Waals surface area contributed by atoms with Gasteiger partial charge in [0.25, 0.3) is 0 Å². The summed E-state index contributed by atoms with van der Waals surface area (Å²) in [7, 11) is 0. The third-order valence-electron chi connectivity index (χ3n) is 3.89. The molecule has 0 aliphatic rings. The second-order valence-electron chi connectivity index (χ2n) is 5.60. The molecule has 0 unspecified atom stereocenters. The van der Waals surface area contributed by atoms with Crippen molar-refractivity contribution in [3.63, 3.8) is 0 Å². The van der Waals surface area contributed by atoms with Crippen LogP contribution in [0.5, 0.6) is 0 Å². The lowest BCUT2D eigenvalue weighted by Crippen LogP contribution is -2.09. The molecule has 0 aliphatic carbocycles. The molecule has 0 saturated heterocycles. The van der Waals surface area contributed by atoms with Crippen molar-refractivity contribution in [3.8, 4) is 26.8 Å². The van der Waals surface area contributed by atoms with Crippen molar-refractivity contribution < 1.29 is 19.4 Å². The summed E-state index contributed by atoms with van der Waals surface area (Å²) in [5.41, 5.74) is 1.29. The summed E-state index contributed by atoms with van der Waals surface area (Å²) >= 11 is 2.90. The zero-order valence-electron chi connectivity index (χ0n) is 14.6. The van der Waals surface area contributed by atoms with E-state index in [0.717, 1.165) is 9.75 Å². The topological polar surface area (TPSA) is 110 Å². The molecule has 0 amide bonds. The van der Waals surface area contributed by atoms with Gasteiger partial charge in [-0.2, -0.15) is 10.2 Å². The Labute approximate surface area is 167 Å². The van der Waals surface area contributed by atoms with E-state index in [2.05, 4.69) is 15.3 Å². The summed E-state index contributed by atoms with van der Waals surface area (Å²) in [6.45, 7) is 1.93. The van der Waals surface area contributed by atoms with Crippen molar-refractivity contribution >= 4 is 34.6 Å². The Kier molecular flexibility index (Phi) is 4.80. The summed E-state index contributed by atoms with van der Waals surface area (Å²) in [5, 5.41) is 24.6. The van der Waals surface area contributed by atoms with Gasteiger partial charge in [-0.05, 0) is 29.8 Å². The number of carbonyl (C=O) groups is 2. The first-order valence-corrected chi connectivity index (χ1v) is 10.0. The van der Waals surface area contributed by atoms with Crippen LogP contribution < -0.4 is 0 Å². The minimum Gasteiger partial charge on any atom is -0.476 e. The summed E-state index contributed by atoms with van der Waals surface area (Å²) in [4.78, 5) is 25.7. The number of nitrogens with zero attached hydrogens (tertiary/aromatic N) is 3. The van der Waals surface area contributed by atoms with E-state index in [4.69, 9.17) is 4.74 Å². The number of hydrogen-bond donors (Lipinski definition) is 2. The van der Waals surface area contributed by atoms with Gasteiger partial charge in [-0.15, -0.1) is 22.7 Å². The van der Waals surface area contributed by atoms with Gasteiger partial charge in [-0.25, -0.2) is 14.3 Å². The number of H-pyrrole nitrogens is 1. The number of aromatic nitrogens is 4. The first-order valence-electron chi connectivity index (χ1n) is 8.27. The van der Waals surface area contributed by atoms with Crippen molar-refractivity contribution in [3.05, 3.63) is 52.5 Å². The quantitative estimate of drug-likeness (QED) is 0.463. The van der Waals surface area contributed by atoms with Gasteiger partial charge in [0.15, 0.2) is 11.4 Å². The van der Waals surface area contributed by atoms with Gasteiger partial charge in [-0.3, -0.25) is 5.10 Å². The second-order valence-corrected chi connectivity index (χ2v) is 7.50. The molecule has 0 aromatic carbocycles. The highest BCUT2D eigenvalue weighted by Crippen LogP contribution is 2.35. The summed E-state index contributed by atoms with van der Waals surface area (Å²) in [6.07, 6.45) is 0. The minimum atomic E-state index is -1.20. The largest absolute Gasteiger partial charge is 0.476 e. The fourth-order valence-corrected chi connectivity index (χ4v) is 4.19. The molecule has 28 heavy (non-hydrogen) atoms. The van der Waals surface area contributed by atoms with Crippen molar-refractivity contribution in [2.75, 3.05) is 6.61 Å². The normalized spacial score (nSPS) is 10.9. The van der Waals surface area contributed by atoms with Gasteiger partial charge < -0.3 is 9.84 Å².